The number of nitrogens with zero attached hydrogens (tertiary/aromatic N) is 1. The van der Waals surface area contributed by atoms with Crippen molar-refractivity contribution in [3.8, 4) is 0 Å². The molecule has 2 unspecified atom stereocenters. The SMILES string of the molecule is COC(=O)c1cnc2c(c1)C13CC1CNC3=CC2=O. The summed E-state index contributed by atoms with van der Waals surface area (Å²) in [6.07, 6.45) is 4.09. The molecule has 96 valence electrons. The zero-order chi connectivity index (χ0) is 13.2. The van der Waals surface area contributed by atoms with Gasteiger partial charge in [-0.25, -0.2) is 4.79 Å². The van der Waals surface area contributed by atoms with Gasteiger partial charge in [0.1, 0.15) is 5.69 Å². The number of carbonyl (C=O) groups excluding carboxylic acids is 2. The van der Waals surface area contributed by atoms with Crippen LogP contribution in [-0.2, 0) is 10.2 Å². The molecule has 4 rings (SSSR count). The van der Waals surface area contributed by atoms with E-state index in [4.69, 9.17) is 4.74 Å². The van der Waals surface area contributed by atoms with Gasteiger partial charge in [0, 0.05) is 29.9 Å². The maximum absolute atomic E-state index is 12.0. The Bertz CT molecular complexity index is 665. The van der Waals surface area contributed by atoms with Crippen LogP contribution >= 0.6 is 0 Å². The van der Waals surface area contributed by atoms with E-state index in [2.05, 4.69) is 10.3 Å². The van der Waals surface area contributed by atoms with Crippen molar-refractivity contribution in [1.29, 1.82) is 0 Å². The molecule has 3 aliphatic rings. The minimum Gasteiger partial charge on any atom is -0.465 e. The average Bonchev–Trinajstić information content (AvgIpc) is 3.06. The maximum Gasteiger partial charge on any atom is 0.339 e. The number of carbonyl (C=O) groups is 2. The number of hydrogen-bond donors (Lipinski definition) is 1. The van der Waals surface area contributed by atoms with E-state index < -0.39 is 5.97 Å². The van der Waals surface area contributed by atoms with Gasteiger partial charge in [-0.3, -0.25) is 9.78 Å². The molecule has 1 saturated heterocycles. The summed E-state index contributed by atoms with van der Waals surface area (Å²) in [4.78, 5) is 27.8. The highest BCUT2D eigenvalue weighted by molar-refractivity contribution is 6.07. The first-order chi connectivity index (χ1) is 9.16. The van der Waals surface area contributed by atoms with Crippen LogP contribution < -0.4 is 5.32 Å². The van der Waals surface area contributed by atoms with Crippen LogP contribution in [0.1, 0.15) is 32.8 Å². The van der Waals surface area contributed by atoms with Crippen molar-refractivity contribution in [3.63, 3.8) is 0 Å². The van der Waals surface area contributed by atoms with Crippen LogP contribution in [0.2, 0.25) is 0 Å². The fraction of sp³-hybridized carbons (Fsp3) is 0.357. The quantitative estimate of drug-likeness (QED) is 0.753. The largest absolute Gasteiger partial charge is 0.465 e. The van der Waals surface area contributed by atoms with Gasteiger partial charge in [0.25, 0.3) is 0 Å². The number of hydrogen-bond acceptors (Lipinski definition) is 5. The Hall–Kier alpha value is -2.17. The van der Waals surface area contributed by atoms with Gasteiger partial charge in [-0.1, -0.05) is 0 Å². The van der Waals surface area contributed by atoms with E-state index in [1.807, 2.05) is 0 Å². The number of ketones is 1. The van der Waals surface area contributed by atoms with Gasteiger partial charge < -0.3 is 10.1 Å². The molecule has 2 atom stereocenters. The Labute approximate surface area is 109 Å². The number of nitrogens with one attached hydrogen (secondary N) is 1. The second-order valence-corrected chi connectivity index (χ2v) is 5.29. The number of ether oxygens (including phenoxy) is 1. The molecule has 2 heterocycles. The first-order valence-electron chi connectivity index (χ1n) is 6.26. The molecule has 5 heteroatoms. The molecule has 0 amide bonds. The lowest BCUT2D eigenvalue weighted by Crippen LogP contribution is -2.26. The van der Waals surface area contributed by atoms with Crippen LogP contribution in [0.25, 0.3) is 0 Å². The topological polar surface area (TPSA) is 68.3 Å². The van der Waals surface area contributed by atoms with Crippen LogP contribution in [0.15, 0.2) is 24.0 Å². The Balaban J connectivity index is 1.92. The number of rotatable bonds is 1. The van der Waals surface area contributed by atoms with Gasteiger partial charge in [-0.15, -0.1) is 0 Å². The van der Waals surface area contributed by atoms with E-state index in [9.17, 15) is 9.59 Å². The van der Waals surface area contributed by atoms with Crippen molar-refractivity contribution in [2.75, 3.05) is 13.7 Å². The number of methoxy groups -OCH3 is 1. The van der Waals surface area contributed by atoms with Crippen LogP contribution in [0.4, 0.5) is 0 Å². The summed E-state index contributed by atoms with van der Waals surface area (Å²) in [6, 6.07) is 1.77. The van der Waals surface area contributed by atoms with Crippen LogP contribution in [0.3, 0.4) is 0 Å². The third kappa shape index (κ3) is 1.17. The highest BCUT2D eigenvalue weighted by atomic mass is 16.5. The molecule has 0 radical (unpaired) electrons. The monoisotopic (exact) mass is 256 g/mol. The molecule has 0 aromatic carbocycles. The van der Waals surface area contributed by atoms with E-state index in [0.717, 1.165) is 24.2 Å². The molecule has 5 nitrogen and oxygen atoms in total. The molecular weight excluding hydrogens is 244 g/mol. The minimum absolute atomic E-state index is 0.0907. The molecule has 2 aliphatic carbocycles. The van der Waals surface area contributed by atoms with Crippen molar-refractivity contribution >= 4 is 11.8 Å². The predicted octanol–water partition coefficient (Wildman–Crippen LogP) is 0.809. The minimum atomic E-state index is -0.418. The Morgan fingerprint density at radius 1 is 1.58 bits per heavy atom. The Morgan fingerprint density at radius 3 is 3.16 bits per heavy atom. The van der Waals surface area contributed by atoms with Gasteiger partial charge >= 0.3 is 5.97 Å². The fourth-order valence-electron chi connectivity index (χ4n) is 3.38. The number of esters is 1. The summed E-state index contributed by atoms with van der Waals surface area (Å²) in [7, 11) is 1.34. The molecule has 0 bridgehead atoms. The molecule has 1 N–H and O–H groups in total. The van der Waals surface area contributed by atoms with Crippen molar-refractivity contribution in [1.82, 2.24) is 10.3 Å². The zero-order valence-corrected chi connectivity index (χ0v) is 10.4. The summed E-state index contributed by atoms with van der Waals surface area (Å²) >= 11 is 0. The lowest BCUT2D eigenvalue weighted by atomic mass is 9.84. The highest BCUT2D eigenvalue weighted by Gasteiger charge is 2.64. The number of fused-ring (bicyclic) bond motifs is 1. The van der Waals surface area contributed by atoms with Gasteiger partial charge in [0.15, 0.2) is 0 Å². The van der Waals surface area contributed by atoms with E-state index in [1.54, 1.807) is 12.1 Å². The summed E-state index contributed by atoms with van der Waals surface area (Å²) < 4.78 is 4.72. The van der Waals surface area contributed by atoms with Crippen LogP contribution in [-0.4, -0.2) is 30.4 Å². The average molecular weight is 256 g/mol. The third-order valence-corrected chi connectivity index (χ3v) is 4.42. The van der Waals surface area contributed by atoms with Gasteiger partial charge in [0.05, 0.1) is 12.7 Å². The number of pyridine rings is 1. The first kappa shape index (κ1) is 10.7. The molecule has 2 fully saturated rings. The van der Waals surface area contributed by atoms with Crippen molar-refractivity contribution in [2.45, 2.75) is 11.8 Å². The van der Waals surface area contributed by atoms with Gasteiger partial charge in [0.2, 0.25) is 5.78 Å². The summed E-state index contributed by atoms with van der Waals surface area (Å²) in [5, 5.41) is 3.28. The summed E-state index contributed by atoms with van der Waals surface area (Å²) in [5.74, 6) is 0.00537. The van der Waals surface area contributed by atoms with Crippen molar-refractivity contribution < 1.29 is 14.3 Å². The van der Waals surface area contributed by atoms with E-state index in [-0.39, 0.29) is 11.2 Å². The second kappa shape index (κ2) is 3.23. The lowest BCUT2D eigenvalue weighted by Gasteiger charge is -2.23. The molecule has 1 saturated carbocycles. The first-order valence-corrected chi connectivity index (χ1v) is 6.26. The van der Waals surface area contributed by atoms with Crippen molar-refractivity contribution in [3.05, 3.63) is 40.9 Å². The van der Waals surface area contributed by atoms with Gasteiger partial charge in [-0.2, -0.15) is 0 Å². The fourth-order valence-corrected chi connectivity index (χ4v) is 3.38. The van der Waals surface area contributed by atoms with E-state index >= 15 is 0 Å². The molecule has 1 spiro atoms. The molecular formula is C14H12N2O3. The predicted molar refractivity (Wildman–Crippen MR) is 65.8 cm³/mol. The standard InChI is InChI=1S/C14H12N2O3/c1-19-13(18)7-2-9-12(16-5-7)10(17)3-11-14(9)4-8(14)6-15-11/h2-3,5,8,15H,4,6H2,1H3. The van der Waals surface area contributed by atoms with E-state index in [1.165, 1.54) is 13.3 Å². The third-order valence-electron chi connectivity index (χ3n) is 4.42. The second-order valence-electron chi connectivity index (χ2n) is 5.29. The molecule has 1 aromatic rings. The molecule has 19 heavy (non-hydrogen) atoms. The molecule has 1 aliphatic heterocycles. The van der Waals surface area contributed by atoms with Gasteiger partial charge in [-0.05, 0) is 24.0 Å². The Morgan fingerprint density at radius 2 is 2.42 bits per heavy atom. The zero-order valence-electron chi connectivity index (χ0n) is 10.4. The highest BCUT2D eigenvalue weighted by Crippen LogP contribution is 2.63. The van der Waals surface area contributed by atoms with Crippen LogP contribution in [0.5, 0.6) is 0 Å². The van der Waals surface area contributed by atoms with E-state index in [0.29, 0.717) is 17.2 Å². The maximum atomic E-state index is 12.0. The molecule has 1 aromatic heterocycles. The number of aromatic nitrogens is 1. The van der Waals surface area contributed by atoms with Crippen molar-refractivity contribution in [2.24, 2.45) is 5.92 Å². The Kier molecular flexibility index (Phi) is 1.82. The summed E-state index contributed by atoms with van der Waals surface area (Å²) in [6.45, 7) is 0.890. The summed E-state index contributed by atoms with van der Waals surface area (Å²) in [5.41, 5.74) is 2.65. The number of allylic oxidation sites excluding steroid dienone is 2. The van der Waals surface area contributed by atoms with Crippen LogP contribution in [0, 0.1) is 5.92 Å². The number of piperidine rings is 1. The smallest absolute Gasteiger partial charge is 0.339 e. The normalized spacial score (nSPS) is 29.6. The lowest BCUT2D eigenvalue weighted by molar-refractivity contribution is 0.0599.